The van der Waals surface area contributed by atoms with Gasteiger partial charge in [0.05, 0.1) is 0 Å². The van der Waals surface area contributed by atoms with Crippen LogP contribution < -0.4 is 20.1 Å². The standard InChI is InChI=1S/C35H32B2N2O4/c1-25-19-32-20-27(26-14-17-38(18-15-26)23-30-7-2-4-10-34(30)36(40)41)12-13-28(32)21-33(25)29-9-6-16-39(22-29)24-31-8-3-5-11-35(31)37(42)43/h2-22,40-43H,23-24H2,1H3/q+2. The van der Waals surface area contributed by atoms with Gasteiger partial charge in [-0.1, -0.05) is 66.7 Å². The summed E-state index contributed by atoms with van der Waals surface area (Å²) in [5, 5.41) is 41.2. The molecule has 0 fully saturated rings. The molecule has 0 bridgehead atoms. The molecule has 6 nitrogen and oxygen atoms in total. The van der Waals surface area contributed by atoms with Crippen molar-refractivity contribution in [3.8, 4) is 22.3 Å². The van der Waals surface area contributed by atoms with E-state index in [0.717, 1.165) is 44.2 Å². The van der Waals surface area contributed by atoms with Crippen molar-refractivity contribution in [2.24, 2.45) is 0 Å². The van der Waals surface area contributed by atoms with Crippen molar-refractivity contribution in [2.45, 2.75) is 20.0 Å². The summed E-state index contributed by atoms with van der Waals surface area (Å²) in [6.07, 6.45) is 8.12. The van der Waals surface area contributed by atoms with Crippen molar-refractivity contribution in [3.05, 3.63) is 145 Å². The zero-order chi connectivity index (χ0) is 29.9. The molecule has 43 heavy (non-hydrogen) atoms. The molecule has 0 atom stereocenters. The number of aromatic nitrogens is 2. The molecule has 6 aromatic rings. The van der Waals surface area contributed by atoms with Gasteiger partial charge in [-0.25, -0.2) is 9.13 Å². The fraction of sp³-hybridized carbons (Fsp3) is 0.0857. The Morgan fingerprint density at radius 3 is 1.81 bits per heavy atom. The van der Waals surface area contributed by atoms with Gasteiger partial charge in [0, 0.05) is 34.9 Å². The van der Waals surface area contributed by atoms with Crippen LogP contribution in [0.5, 0.6) is 0 Å². The maximum Gasteiger partial charge on any atom is 0.488 e. The van der Waals surface area contributed by atoms with Crippen LogP contribution in [0.4, 0.5) is 0 Å². The van der Waals surface area contributed by atoms with Crippen LogP contribution in [0.15, 0.2) is 128 Å². The van der Waals surface area contributed by atoms with Gasteiger partial charge in [-0.05, 0) is 69.1 Å². The molecule has 0 amide bonds. The molecule has 0 aliphatic heterocycles. The van der Waals surface area contributed by atoms with Crippen LogP contribution in [0.3, 0.4) is 0 Å². The summed E-state index contributed by atoms with van der Waals surface area (Å²) in [7, 11) is -3.00. The van der Waals surface area contributed by atoms with E-state index in [1.807, 2.05) is 59.6 Å². The lowest BCUT2D eigenvalue weighted by Gasteiger charge is -2.11. The molecule has 4 aromatic carbocycles. The Balaban J connectivity index is 1.24. The number of hydrogen-bond donors (Lipinski definition) is 4. The molecule has 0 radical (unpaired) electrons. The lowest BCUT2D eigenvalue weighted by molar-refractivity contribution is -0.688. The van der Waals surface area contributed by atoms with Crippen LogP contribution in [0.1, 0.15) is 16.7 Å². The molecule has 0 aliphatic carbocycles. The fourth-order valence-electron chi connectivity index (χ4n) is 5.69. The number of hydrogen-bond acceptors (Lipinski definition) is 4. The first-order valence-corrected chi connectivity index (χ1v) is 14.3. The van der Waals surface area contributed by atoms with Crippen molar-refractivity contribution in [2.75, 3.05) is 0 Å². The Kier molecular flexibility index (Phi) is 8.18. The molecule has 2 aromatic heterocycles. The highest BCUT2D eigenvalue weighted by Crippen LogP contribution is 2.30. The van der Waals surface area contributed by atoms with Crippen LogP contribution in [0.2, 0.25) is 0 Å². The van der Waals surface area contributed by atoms with Crippen molar-refractivity contribution in [3.63, 3.8) is 0 Å². The molecule has 4 N–H and O–H groups in total. The highest BCUT2D eigenvalue weighted by Gasteiger charge is 2.19. The Morgan fingerprint density at radius 2 is 1.16 bits per heavy atom. The largest absolute Gasteiger partial charge is 0.488 e. The van der Waals surface area contributed by atoms with Gasteiger partial charge < -0.3 is 20.1 Å². The zero-order valence-corrected chi connectivity index (χ0v) is 23.9. The molecule has 8 heteroatoms. The predicted octanol–water partition coefficient (Wildman–Crippen LogP) is 2.51. The van der Waals surface area contributed by atoms with Gasteiger partial charge >= 0.3 is 14.2 Å². The summed E-state index contributed by atoms with van der Waals surface area (Å²) in [5.41, 5.74) is 8.40. The summed E-state index contributed by atoms with van der Waals surface area (Å²) in [6.45, 7) is 3.20. The molecule has 2 heterocycles. The number of fused-ring (bicyclic) bond motifs is 1. The van der Waals surface area contributed by atoms with E-state index in [2.05, 4.69) is 66.2 Å². The first-order valence-electron chi connectivity index (χ1n) is 14.3. The zero-order valence-electron chi connectivity index (χ0n) is 23.9. The monoisotopic (exact) mass is 566 g/mol. The maximum absolute atomic E-state index is 9.77. The average molecular weight is 566 g/mol. The van der Waals surface area contributed by atoms with Gasteiger partial charge in [-0.15, -0.1) is 0 Å². The second-order valence-electron chi connectivity index (χ2n) is 10.9. The second-order valence-corrected chi connectivity index (χ2v) is 10.9. The topological polar surface area (TPSA) is 88.7 Å². The van der Waals surface area contributed by atoms with E-state index in [0.29, 0.717) is 24.0 Å². The molecule has 210 valence electrons. The van der Waals surface area contributed by atoms with E-state index in [9.17, 15) is 20.1 Å². The Labute approximate surface area is 251 Å². The SMILES string of the molecule is Cc1cc2cc(-c3cc[n+](Cc4ccccc4B(O)O)cc3)ccc2cc1-c1ccc[n+](Cc2ccccc2B(O)O)c1. The average Bonchev–Trinajstić information content (AvgIpc) is 3.01. The summed E-state index contributed by atoms with van der Waals surface area (Å²) < 4.78 is 4.09. The Bertz CT molecular complexity index is 1910. The van der Waals surface area contributed by atoms with Gasteiger partial charge in [0.1, 0.15) is 0 Å². The van der Waals surface area contributed by atoms with E-state index >= 15 is 0 Å². The van der Waals surface area contributed by atoms with Crippen molar-refractivity contribution in [1.29, 1.82) is 0 Å². The molecule has 6 rings (SSSR count). The summed E-state index contributed by atoms with van der Waals surface area (Å²) in [6, 6.07) is 34.0. The summed E-state index contributed by atoms with van der Waals surface area (Å²) >= 11 is 0. The minimum atomic E-state index is -1.51. The maximum atomic E-state index is 9.77. The minimum absolute atomic E-state index is 0.512. The summed E-state index contributed by atoms with van der Waals surface area (Å²) in [5.74, 6) is 0. The van der Waals surface area contributed by atoms with Crippen LogP contribution in [-0.2, 0) is 13.1 Å². The second kappa shape index (κ2) is 12.3. The number of pyridine rings is 2. The van der Waals surface area contributed by atoms with Gasteiger partial charge in [0.15, 0.2) is 37.9 Å². The van der Waals surface area contributed by atoms with Crippen molar-refractivity contribution in [1.82, 2.24) is 0 Å². The molecule has 0 spiro atoms. The first kappa shape index (κ1) is 28.5. The number of aryl methyl sites for hydroxylation is 1. The van der Waals surface area contributed by atoms with Crippen LogP contribution in [0, 0.1) is 6.92 Å². The molecular formula is C35H32B2N2O4+2. The number of rotatable bonds is 8. The third-order valence-corrected chi connectivity index (χ3v) is 7.95. The molecule has 0 saturated heterocycles. The molecule has 0 saturated carbocycles. The fourth-order valence-corrected chi connectivity index (χ4v) is 5.69. The number of benzene rings is 4. The van der Waals surface area contributed by atoms with Gasteiger partial charge in [0.2, 0.25) is 0 Å². The lowest BCUT2D eigenvalue weighted by Crippen LogP contribution is -2.40. The number of nitrogens with zero attached hydrogens (tertiary/aromatic N) is 2. The minimum Gasteiger partial charge on any atom is -0.423 e. The lowest BCUT2D eigenvalue weighted by atomic mass is 9.77. The van der Waals surface area contributed by atoms with Gasteiger partial charge in [0.25, 0.3) is 0 Å². The highest BCUT2D eigenvalue weighted by molar-refractivity contribution is 6.59. The van der Waals surface area contributed by atoms with E-state index in [4.69, 9.17) is 0 Å². The predicted molar refractivity (Wildman–Crippen MR) is 171 cm³/mol. The van der Waals surface area contributed by atoms with Gasteiger partial charge in [-0.3, -0.25) is 0 Å². The Hall–Kier alpha value is -4.59. The van der Waals surface area contributed by atoms with E-state index < -0.39 is 14.2 Å². The van der Waals surface area contributed by atoms with E-state index in [1.54, 1.807) is 18.2 Å². The van der Waals surface area contributed by atoms with Crippen LogP contribution >= 0.6 is 0 Å². The normalized spacial score (nSPS) is 11.1. The summed E-state index contributed by atoms with van der Waals surface area (Å²) in [4.78, 5) is 0. The third-order valence-electron chi connectivity index (χ3n) is 7.95. The van der Waals surface area contributed by atoms with E-state index in [1.165, 1.54) is 5.56 Å². The Morgan fingerprint density at radius 1 is 0.535 bits per heavy atom. The van der Waals surface area contributed by atoms with Crippen molar-refractivity contribution >= 4 is 35.9 Å². The third kappa shape index (κ3) is 6.28. The molecular weight excluding hydrogens is 534 g/mol. The smallest absolute Gasteiger partial charge is 0.423 e. The van der Waals surface area contributed by atoms with E-state index in [-0.39, 0.29) is 0 Å². The van der Waals surface area contributed by atoms with Crippen LogP contribution in [0.25, 0.3) is 33.0 Å². The van der Waals surface area contributed by atoms with Crippen molar-refractivity contribution < 1.29 is 29.2 Å². The first-order chi connectivity index (χ1) is 20.9. The molecule has 0 unspecified atom stereocenters. The molecule has 0 aliphatic rings. The highest BCUT2D eigenvalue weighted by atomic mass is 16.4. The van der Waals surface area contributed by atoms with Gasteiger partial charge in [-0.2, -0.15) is 0 Å². The quantitative estimate of drug-likeness (QED) is 0.169. The van der Waals surface area contributed by atoms with Crippen LogP contribution in [-0.4, -0.2) is 34.3 Å².